The Morgan fingerprint density at radius 1 is 0.905 bits per heavy atom. The summed E-state index contributed by atoms with van der Waals surface area (Å²) in [7, 11) is 0. The highest BCUT2D eigenvalue weighted by atomic mass is 79.9. The van der Waals surface area contributed by atoms with Crippen LogP contribution in [0.5, 0.6) is 0 Å². The van der Waals surface area contributed by atoms with Gasteiger partial charge in [-0.3, -0.25) is 0 Å². The minimum Gasteiger partial charge on any atom is -0.387 e. The molecule has 106 valence electrons. The molecule has 0 spiro atoms. The standard InChI is InChI=1S/C18H16BrNO/c19-16-8-6-15-11-17(9-7-14(15)10-16)20-12-18(21)13-4-2-1-3-5-13/h1-11,18,20-21H,12H2. The van der Waals surface area contributed by atoms with E-state index in [1.807, 2.05) is 42.5 Å². The number of anilines is 1. The SMILES string of the molecule is OC(CNc1ccc2cc(Br)ccc2c1)c1ccccc1. The van der Waals surface area contributed by atoms with Crippen molar-refractivity contribution >= 4 is 32.4 Å². The number of aliphatic hydroxyl groups is 1. The zero-order valence-electron chi connectivity index (χ0n) is 11.5. The van der Waals surface area contributed by atoms with Crippen LogP contribution in [-0.2, 0) is 0 Å². The molecule has 0 radical (unpaired) electrons. The van der Waals surface area contributed by atoms with Crippen LogP contribution >= 0.6 is 15.9 Å². The van der Waals surface area contributed by atoms with Gasteiger partial charge in [-0.1, -0.05) is 58.4 Å². The Hall–Kier alpha value is -1.84. The van der Waals surface area contributed by atoms with Crippen molar-refractivity contribution in [1.82, 2.24) is 0 Å². The summed E-state index contributed by atoms with van der Waals surface area (Å²) in [5, 5.41) is 15.8. The minimum atomic E-state index is -0.508. The van der Waals surface area contributed by atoms with Gasteiger partial charge in [0.2, 0.25) is 0 Å². The fourth-order valence-corrected chi connectivity index (χ4v) is 2.71. The highest BCUT2D eigenvalue weighted by Crippen LogP contribution is 2.23. The second-order valence-corrected chi connectivity index (χ2v) is 5.93. The Balaban J connectivity index is 1.72. The van der Waals surface area contributed by atoms with Crippen LogP contribution in [0.15, 0.2) is 71.2 Å². The van der Waals surface area contributed by atoms with Gasteiger partial charge in [-0.05, 0) is 40.6 Å². The molecule has 3 rings (SSSR count). The van der Waals surface area contributed by atoms with Crippen molar-refractivity contribution in [2.75, 3.05) is 11.9 Å². The van der Waals surface area contributed by atoms with Gasteiger partial charge in [0, 0.05) is 16.7 Å². The largest absolute Gasteiger partial charge is 0.387 e. The third-order valence-electron chi connectivity index (χ3n) is 3.49. The molecule has 2 nitrogen and oxygen atoms in total. The van der Waals surface area contributed by atoms with Crippen molar-refractivity contribution in [1.29, 1.82) is 0 Å². The van der Waals surface area contributed by atoms with E-state index in [0.717, 1.165) is 15.7 Å². The molecule has 2 N–H and O–H groups in total. The van der Waals surface area contributed by atoms with Gasteiger partial charge in [-0.25, -0.2) is 0 Å². The van der Waals surface area contributed by atoms with E-state index in [9.17, 15) is 5.11 Å². The topological polar surface area (TPSA) is 32.3 Å². The Labute approximate surface area is 132 Å². The lowest BCUT2D eigenvalue weighted by Crippen LogP contribution is -2.11. The molecule has 1 unspecified atom stereocenters. The van der Waals surface area contributed by atoms with Gasteiger partial charge in [-0.2, -0.15) is 0 Å². The van der Waals surface area contributed by atoms with Gasteiger partial charge in [0.15, 0.2) is 0 Å². The number of fused-ring (bicyclic) bond motifs is 1. The highest BCUT2D eigenvalue weighted by molar-refractivity contribution is 9.10. The zero-order chi connectivity index (χ0) is 14.7. The van der Waals surface area contributed by atoms with Gasteiger partial charge in [-0.15, -0.1) is 0 Å². The van der Waals surface area contributed by atoms with Crippen LogP contribution in [0, 0.1) is 0 Å². The first-order valence-electron chi connectivity index (χ1n) is 6.88. The van der Waals surface area contributed by atoms with Crippen LogP contribution in [0.4, 0.5) is 5.69 Å². The monoisotopic (exact) mass is 341 g/mol. The summed E-state index contributed by atoms with van der Waals surface area (Å²) in [6, 6.07) is 22.1. The zero-order valence-corrected chi connectivity index (χ0v) is 13.0. The molecule has 0 aliphatic heterocycles. The number of benzene rings is 3. The molecule has 21 heavy (non-hydrogen) atoms. The summed E-state index contributed by atoms with van der Waals surface area (Å²) in [5.74, 6) is 0. The summed E-state index contributed by atoms with van der Waals surface area (Å²) in [5.41, 5.74) is 1.94. The third kappa shape index (κ3) is 3.43. The van der Waals surface area contributed by atoms with Crippen LogP contribution in [0.1, 0.15) is 11.7 Å². The average molecular weight is 342 g/mol. The van der Waals surface area contributed by atoms with Crippen molar-refractivity contribution in [3.63, 3.8) is 0 Å². The third-order valence-corrected chi connectivity index (χ3v) is 3.98. The van der Waals surface area contributed by atoms with E-state index in [4.69, 9.17) is 0 Å². The maximum Gasteiger partial charge on any atom is 0.0962 e. The van der Waals surface area contributed by atoms with E-state index in [-0.39, 0.29) is 0 Å². The van der Waals surface area contributed by atoms with Crippen LogP contribution in [0.3, 0.4) is 0 Å². The molecule has 3 aromatic carbocycles. The molecule has 3 aromatic rings. The van der Waals surface area contributed by atoms with Gasteiger partial charge >= 0.3 is 0 Å². The highest BCUT2D eigenvalue weighted by Gasteiger charge is 2.06. The summed E-state index contributed by atoms with van der Waals surface area (Å²) in [4.78, 5) is 0. The molecule has 0 aliphatic carbocycles. The van der Waals surface area contributed by atoms with E-state index in [1.165, 1.54) is 10.8 Å². The van der Waals surface area contributed by atoms with E-state index in [1.54, 1.807) is 0 Å². The number of rotatable bonds is 4. The molecule has 0 fully saturated rings. The summed E-state index contributed by atoms with van der Waals surface area (Å²) in [6.07, 6.45) is -0.508. The van der Waals surface area contributed by atoms with Crippen LogP contribution in [0.25, 0.3) is 10.8 Å². The molecule has 0 saturated carbocycles. The maximum absolute atomic E-state index is 10.2. The lowest BCUT2D eigenvalue weighted by atomic mass is 10.1. The molecule has 0 amide bonds. The molecule has 0 bridgehead atoms. The summed E-state index contributed by atoms with van der Waals surface area (Å²) < 4.78 is 1.08. The summed E-state index contributed by atoms with van der Waals surface area (Å²) in [6.45, 7) is 0.492. The first-order valence-corrected chi connectivity index (χ1v) is 7.68. The minimum absolute atomic E-state index is 0.492. The molecule has 0 saturated heterocycles. The van der Waals surface area contributed by atoms with Crippen LogP contribution in [-0.4, -0.2) is 11.7 Å². The first kappa shape index (κ1) is 14.1. The van der Waals surface area contributed by atoms with Crippen molar-refractivity contribution in [3.05, 3.63) is 76.8 Å². The fourth-order valence-electron chi connectivity index (χ4n) is 2.33. The van der Waals surface area contributed by atoms with Crippen LogP contribution < -0.4 is 5.32 Å². The molecule has 3 heteroatoms. The Morgan fingerprint density at radius 2 is 1.62 bits per heavy atom. The number of hydrogen-bond acceptors (Lipinski definition) is 2. The van der Waals surface area contributed by atoms with Crippen LogP contribution in [0.2, 0.25) is 0 Å². The Bertz CT molecular complexity index is 743. The molecular formula is C18H16BrNO. The Kier molecular flexibility index (Phi) is 4.23. The van der Waals surface area contributed by atoms with E-state index in [0.29, 0.717) is 6.54 Å². The number of hydrogen-bond donors (Lipinski definition) is 2. The molecule has 0 heterocycles. The first-order chi connectivity index (χ1) is 10.2. The predicted octanol–water partition coefficient (Wildman–Crippen LogP) is 4.75. The average Bonchev–Trinajstić information content (AvgIpc) is 2.53. The van der Waals surface area contributed by atoms with Gasteiger partial charge in [0.05, 0.1) is 6.10 Å². The fraction of sp³-hybridized carbons (Fsp3) is 0.111. The second kappa shape index (κ2) is 6.29. The predicted molar refractivity (Wildman–Crippen MR) is 91.5 cm³/mol. The normalized spacial score (nSPS) is 12.3. The lowest BCUT2D eigenvalue weighted by molar-refractivity contribution is 0.191. The number of nitrogens with one attached hydrogen (secondary N) is 1. The molecular weight excluding hydrogens is 326 g/mol. The second-order valence-electron chi connectivity index (χ2n) is 5.01. The Morgan fingerprint density at radius 3 is 2.43 bits per heavy atom. The van der Waals surface area contributed by atoms with Crippen molar-refractivity contribution in [2.45, 2.75) is 6.10 Å². The lowest BCUT2D eigenvalue weighted by Gasteiger charge is -2.13. The maximum atomic E-state index is 10.2. The quantitative estimate of drug-likeness (QED) is 0.717. The van der Waals surface area contributed by atoms with E-state index in [2.05, 4.69) is 45.5 Å². The summed E-state index contributed by atoms with van der Waals surface area (Å²) >= 11 is 3.48. The van der Waals surface area contributed by atoms with Gasteiger partial charge in [0.25, 0.3) is 0 Å². The van der Waals surface area contributed by atoms with Gasteiger partial charge < -0.3 is 10.4 Å². The van der Waals surface area contributed by atoms with Crippen molar-refractivity contribution in [3.8, 4) is 0 Å². The van der Waals surface area contributed by atoms with Gasteiger partial charge in [0.1, 0.15) is 0 Å². The smallest absolute Gasteiger partial charge is 0.0962 e. The molecule has 0 aromatic heterocycles. The van der Waals surface area contributed by atoms with E-state index >= 15 is 0 Å². The van der Waals surface area contributed by atoms with Crippen molar-refractivity contribution < 1.29 is 5.11 Å². The number of aliphatic hydroxyl groups excluding tert-OH is 1. The van der Waals surface area contributed by atoms with Crippen molar-refractivity contribution in [2.24, 2.45) is 0 Å². The molecule has 0 aliphatic rings. The van der Waals surface area contributed by atoms with E-state index < -0.39 is 6.10 Å². The number of halogens is 1. The molecule has 1 atom stereocenters.